The highest BCUT2D eigenvalue weighted by Crippen LogP contribution is 2.27. The summed E-state index contributed by atoms with van der Waals surface area (Å²) in [5.74, 6) is -1.64. The van der Waals surface area contributed by atoms with Crippen LogP contribution >= 0.6 is 0 Å². The molecule has 1 aromatic carbocycles. The molecule has 2 amide bonds. The van der Waals surface area contributed by atoms with Gasteiger partial charge < -0.3 is 20.1 Å². The second-order valence-corrected chi connectivity index (χ2v) is 6.56. The van der Waals surface area contributed by atoms with Crippen LogP contribution in [0.25, 0.3) is 0 Å². The zero-order valence-corrected chi connectivity index (χ0v) is 14.2. The van der Waals surface area contributed by atoms with Crippen LogP contribution in [0.1, 0.15) is 35.2 Å². The van der Waals surface area contributed by atoms with E-state index in [9.17, 15) is 19.5 Å². The van der Waals surface area contributed by atoms with Crippen molar-refractivity contribution in [1.82, 2.24) is 5.32 Å². The molecule has 0 aromatic heterocycles. The van der Waals surface area contributed by atoms with E-state index in [2.05, 4.69) is 5.32 Å². The Labute approximate surface area is 146 Å². The summed E-state index contributed by atoms with van der Waals surface area (Å²) < 4.78 is 5.34. The molecule has 2 heterocycles. The van der Waals surface area contributed by atoms with Gasteiger partial charge in [0, 0.05) is 37.2 Å². The number of aliphatic carboxylic acids is 1. The number of hydrogen-bond donors (Lipinski definition) is 2. The number of ether oxygens (including phenoxy) is 1. The molecule has 3 rings (SSSR count). The number of hydrogen-bond acceptors (Lipinski definition) is 4. The number of rotatable bonds is 4. The molecule has 1 aromatic rings. The van der Waals surface area contributed by atoms with E-state index in [4.69, 9.17) is 4.74 Å². The van der Waals surface area contributed by atoms with E-state index in [1.165, 1.54) is 0 Å². The molecule has 2 atom stereocenters. The lowest BCUT2D eigenvalue weighted by Crippen LogP contribution is -2.48. The maximum Gasteiger partial charge on any atom is 0.326 e. The number of anilines is 1. The van der Waals surface area contributed by atoms with Crippen molar-refractivity contribution in [3.63, 3.8) is 0 Å². The predicted molar refractivity (Wildman–Crippen MR) is 90.6 cm³/mol. The normalized spacial score (nSPS) is 21.4. The van der Waals surface area contributed by atoms with Gasteiger partial charge in [-0.2, -0.15) is 0 Å². The van der Waals surface area contributed by atoms with E-state index in [1.807, 2.05) is 0 Å². The molecule has 7 nitrogen and oxygen atoms in total. The first-order valence-electron chi connectivity index (χ1n) is 8.48. The Hall–Kier alpha value is -2.41. The minimum atomic E-state index is -1.05. The fourth-order valence-corrected chi connectivity index (χ4v) is 3.43. The summed E-state index contributed by atoms with van der Waals surface area (Å²) in [6.45, 7) is 0.974. The Kier molecular flexibility index (Phi) is 5.03. The molecule has 7 heteroatoms. The first-order valence-corrected chi connectivity index (χ1v) is 8.48. The lowest BCUT2D eigenvalue weighted by Gasteiger charge is -2.28. The number of amides is 2. The number of aryl methyl sites for hydroxylation is 1. The molecule has 2 aliphatic rings. The second-order valence-electron chi connectivity index (χ2n) is 6.56. The SMILES string of the molecule is CN1C(=O)CCc2cc(C(=O)N[C@H](C(=O)O)[C@H]3CCCOC3)ccc21. The van der Waals surface area contributed by atoms with Crippen LogP contribution in [0.4, 0.5) is 5.69 Å². The molecule has 2 aliphatic heterocycles. The van der Waals surface area contributed by atoms with Crippen molar-refractivity contribution in [3.05, 3.63) is 29.3 Å². The van der Waals surface area contributed by atoms with Crippen molar-refractivity contribution in [2.75, 3.05) is 25.2 Å². The van der Waals surface area contributed by atoms with Gasteiger partial charge in [-0.25, -0.2) is 4.79 Å². The Morgan fingerprint density at radius 1 is 1.36 bits per heavy atom. The van der Waals surface area contributed by atoms with Crippen LogP contribution in [0.3, 0.4) is 0 Å². The molecular formula is C18H22N2O5. The van der Waals surface area contributed by atoms with Crippen LogP contribution < -0.4 is 10.2 Å². The van der Waals surface area contributed by atoms with E-state index >= 15 is 0 Å². The van der Waals surface area contributed by atoms with Crippen molar-refractivity contribution in [1.29, 1.82) is 0 Å². The highest BCUT2D eigenvalue weighted by atomic mass is 16.5. The number of nitrogens with zero attached hydrogens (tertiary/aromatic N) is 1. The summed E-state index contributed by atoms with van der Waals surface area (Å²) in [5.41, 5.74) is 2.12. The summed E-state index contributed by atoms with van der Waals surface area (Å²) in [6.07, 6.45) is 2.50. The lowest BCUT2D eigenvalue weighted by atomic mass is 9.93. The van der Waals surface area contributed by atoms with Gasteiger partial charge in [0.2, 0.25) is 5.91 Å². The Morgan fingerprint density at radius 2 is 2.16 bits per heavy atom. The molecule has 0 spiro atoms. The third kappa shape index (κ3) is 3.66. The number of nitrogens with one attached hydrogen (secondary N) is 1. The minimum Gasteiger partial charge on any atom is -0.480 e. The predicted octanol–water partition coefficient (Wildman–Crippen LogP) is 1.21. The molecule has 0 bridgehead atoms. The fraction of sp³-hybridized carbons (Fsp3) is 0.500. The molecule has 2 N–H and O–H groups in total. The fourth-order valence-electron chi connectivity index (χ4n) is 3.43. The maximum atomic E-state index is 12.5. The van der Waals surface area contributed by atoms with Gasteiger partial charge in [-0.05, 0) is 43.0 Å². The van der Waals surface area contributed by atoms with Gasteiger partial charge in [0.05, 0.1) is 6.61 Å². The largest absolute Gasteiger partial charge is 0.480 e. The molecular weight excluding hydrogens is 324 g/mol. The molecule has 0 radical (unpaired) electrons. The van der Waals surface area contributed by atoms with E-state index in [0.717, 1.165) is 17.7 Å². The topological polar surface area (TPSA) is 95.9 Å². The Balaban J connectivity index is 1.76. The van der Waals surface area contributed by atoms with Crippen LogP contribution in [0.15, 0.2) is 18.2 Å². The van der Waals surface area contributed by atoms with Crippen molar-refractivity contribution in [3.8, 4) is 0 Å². The zero-order chi connectivity index (χ0) is 18.0. The van der Waals surface area contributed by atoms with Crippen molar-refractivity contribution in [2.45, 2.75) is 31.7 Å². The van der Waals surface area contributed by atoms with Gasteiger partial charge in [0.15, 0.2) is 0 Å². The number of fused-ring (bicyclic) bond motifs is 1. The number of benzene rings is 1. The van der Waals surface area contributed by atoms with Crippen LogP contribution in [-0.2, 0) is 20.7 Å². The number of carbonyl (C=O) groups excluding carboxylic acids is 2. The van der Waals surface area contributed by atoms with Crippen LogP contribution in [0, 0.1) is 5.92 Å². The number of carboxylic acid groups (broad SMARTS) is 1. The van der Waals surface area contributed by atoms with Gasteiger partial charge in [-0.1, -0.05) is 0 Å². The van der Waals surface area contributed by atoms with E-state index < -0.39 is 17.9 Å². The monoisotopic (exact) mass is 346 g/mol. The molecule has 0 saturated carbocycles. The van der Waals surface area contributed by atoms with E-state index in [-0.39, 0.29) is 11.8 Å². The van der Waals surface area contributed by atoms with Crippen molar-refractivity contribution < 1.29 is 24.2 Å². The van der Waals surface area contributed by atoms with Crippen LogP contribution in [-0.4, -0.2) is 49.2 Å². The quantitative estimate of drug-likeness (QED) is 0.854. The first-order chi connectivity index (χ1) is 12.0. The second kappa shape index (κ2) is 7.23. The lowest BCUT2D eigenvalue weighted by molar-refractivity contribution is -0.142. The molecule has 25 heavy (non-hydrogen) atoms. The summed E-state index contributed by atoms with van der Waals surface area (Å²) in [6, 6.07) is 4.14. The highest BCUT2D eigenvalue weighted by Gasteiger charge is 2.32. The average Bonchev–Trinajstić information content (AvgIpc) is 2.62. The molecule has 134 valence electrons. The van der Waals surface area contributed by atoms with Crippen molar-refractivity contribution in [2.24, 2.45) is 5.92 Å². The van der Waals surface area contributed by atoms with Gasteiger partial charge in [-0.15, -0.1) is 0 Å². The van der Waals surface area contributed by atoms with Gasteiger partial charge >= 0.3 is 5.97 Å². The minimum absolute atomic E-state index is 0.0490. The zero-order valence-electron chi connectivity index (χ0n) is 14.2. The van der Waals surface area contributed by atoms with Gasteiger partial charge in [0.25, 0.3) is 5.91 Å². The van der Waals surface area contributed by atoms with Crippen LogP contribution in [0.2, 0.25) is 0 Å². The standard InChI is InChI=1S/C18H22N2O5/c1-20-14-6-4-12(9-11(14)5-7-15(20)21)17(22)19-16(18(23)24)13-3-2-8-25-10-13/h4,6,9,13,16H,2-3,5,7-8,10H2,1H3,(H,19,22)(H,23,24)/t13-,16-/m0/s1. The van der Waals surface area contributed by atoms with Crippen molar-refractivity contribution >= 4 is 23.5 Å². The van der Waals surface area contributed by atoms with Gasteiger partial charge in [-0.3, -0.25) is 9.59 Å². The summed E-state index contributed by atoms with van der Waals surface area (Å²) >= 11 is 0. The molecule has 1 fully saturated rings. The summed E-state index contributed by atoms with van der Waals surface area (Å²) in [4.78, 5) is 37.4. The maximum absolute atomic E-state index is 12.5. The van der Waals surface area contributed by atoms with E-state index in [1.54, 1.807) is 30.1 Å². The first kappa shape index (κ1) is 17.4. The Morgan fingerprint density at radius 3 is 2.84 bits per heavy atom. The summed E-state index contributed by atoms with van der Waals surface area (Å²) in [5, 5.41) is 12.1. The molecule has 0 aliphatic carbocycles. The van der Waals surface area contributed by atoms with E-state index in [0.29, 0.717) is 38.0 Å². The number of carboxylic acids is 1. The molecule has 1 saturated heterocycles. The smallest absolute Gasteiger partial charge is 0.326 e. The van der Waals surface area contributed by atoms with Crippen LogP contribution in [0.5, 0.6) is 0 Å². The average molecular weight is 346 g/mol. The highest BCUT2D eigenvalue weighted by molar-refractivity contribution is 6.00. The number of carbonyl (C=O) groups is 3. The third-order valence-electron chi connectivity index (χ3n) is 4.90. The Bertz CT molecular complexity index is 697. The van der Waals surface area contributed by atoms with Gasteiger partial charge in [0.1, 0.15) is 6.04 Å². The molecule has 0 unspecified atom stereocenters. The summed E-state index contributed by atoms with van der Waals surface area (Å²) in [7, 11) is 1.71. The third-order valence-corrected chi connectivity index (χ3v) is 4.90.